The van der Waals surface area contributed by atoms with Crippen molar-refractivity contribution < 1.29 is 10.2 Å². The minimum absolute atomic E-state index is 0.0264. The van der Waals surface area contributed by atoms with Crippen molar-refractivity contribution in [3.8, 4) is 0 Å². The molecule has 1 fully saturated rings. The predicted molar refractivity (Wildman–Crippen MR) is 108 cm³/mol. The van der Waals surface area contributed by atoms with Gasteiger partial charge in [-0.15, -0.1) is 0 Å². The Morgan fingerprint density at radius 1 is 1.14 bits per heavy atom. The molecule has 144 valence electrons. The van der Waals surface area contributed by atoms with Gasteiger partial charge in [0.05, 0.1) is 17.5 Å². The summed E-state index contributed by atoms with van der Waals surface area (Å²) >= 11 is 0. The van der Waals surface area contributed by atoms with Crippen molar-refractivity contribution in [3.63, 3.8) is 0 Å². The molecule has 5 N–H and O–H groups in total. The molecule has 0 radical (unpaired) electrons. The number of rotatable bonds is 4. The molecule has 7 nitrogen and oxygen atoms in total. The lowest BCUT2D eigenvalue weighted by Gasteiger charge is -2.19. The lowest BCUT2D eigenvalue weighted by atomic mass is 9.95. The molecular formula is C21H23N5O2. The van der Waals surface area contributed by atoms with E-state index in [1.54, 1.807) is 0 Å². The molecule has 1 saturated carbocycles. The number of aliphatic hydroxyl groups excluding tert-OH is 2. The van der Waals surface area contributed by atoms with E-state index >= 15 is 0 Å². The Morgan fingerprint density at radius 2 is 2.04 bits per heavy atom. The van der Waals surface area contributed by atoms with Crippen LogP contribution in [-0.2, 0) is 6.42 Å². The van der Waals surface area contributed by atoms with Gasteiger partial charge < -0.3 is 25.5 Å². The molecule has 0 saturated heterocycles. The molecule has 0 spiro atoms. The van der Waals surface area contributed by atoms with Gasteiger partial charge in [0.15, 0.2) is 0 Å². The van der Waals surface area contributed by atoms with Crippen molar-refractivity contribution in [2.75, 3.05) is 5.73 Å². The second kappa shape index (κ2) is 6.61. The molecule has 3 aromatic heterocycles. The zero-order chi connectivity index (χ0) is 19.3. The summed E-state index contributed by atoms with van der Waals surface area (Å²) < 4.78 is 1.92. The van der Waals surface area contributed by atoms with E-state index in [-0.39, 0.29) is 12.0 Å². The van der Waals surface area contributed by atoms with Gasteiger partial charge in [-0.25, -0.2) is 9.97 Å². The molecular weight excluding hydrogens is 354 g/mol. The molecule has 5 rings (SSSR count). The number of nitrogens with zero attached hydrogens (tertiary/aromatic N) is 3. The zero-order valence-corrected chi connectivity index (χ0v) is 15.4. The molecule has 0 unspecified atom stereocenters. The Labute approximate surface area is 161 Å². The van der Waals surface area contributed by atoms with Gasteiger partial charge in [0, 0.05) is 17.9 Å². The number of aliphatic hydroxyl groups is 2. The summed E-state index contributed by atoms with van der Waals surface area (Å²) in [5.74, 6) is 0.451. The second-order valence-corrected chi connectivity index (χ2v) is 7.70. The second-order valence-electron chi connectivity index (χ2n) is 7.70. The average molecular weight is 377 g/mol. The van der Waals surface area contributed by atoms with Crippen LogP contribution in [-0.4, -0.2) is 41.9 Å². The first-order valence-corrected chi connectivity index (χ1v) is 9.61. The predicted octanol–water partition coefficient (Wildman–Crippen LogP) is 2.41. The quantitative estimate of drug-likeness (QED) is 0.436. The van der Waals surface area contributed by atoms with Crippen LogP contribution in [0, 0.1) is 5.92 Å². The van der Waals surface area contributed by atoms with Crippen LogP contribution < -0.4 is 5.73 Å². The first-order chi connectivity index (χ1) is 13.6. The third-order valence-corrected chi connectivity index (χ3v) is 6.09. The Hall–Kier alpha value is -2.90. The molecule has 7 heteroatoms. The summed E-state index contributed by atoms with van der Waals surface area (Å²) in [5, 5.41) is 23.3. The fourth-order valence-corrected chi connectivity index (χ4v) is 4.53. The molecule has 1 aromatic carbocycles. The fourth-order valence-electron chi connectivity index (χ4n) is 4.53. The first kappa shape index (κ1) is 17.2. The van der Waals surface area contributed by atoms with Gasteiger partial charge in [-0.2, -0.15) is 0 Å². The Balaban J connectivity index is 1.35. The number of nitrogens with one attached hydrogen (secondary N) is 1. The van der Waals surface area contributed by atoms with Crippen LogP contribution in [0.3, 0.4) is 0 Å². The molecule has 4 aromatic rings. The number of hydrogen-bond acceptors (Lipinski definition) is 5. The van der Waals surface area contributed by atoms with Crippen molar-refractivity contribution >= 4 is 27.8 Å². The number of H-pyrrole nitrogens is 1. The number of aromatic amines is 1. The highest BCUT2D eigenvalue weighted by Gasteiger charge is 2.42. The number of benzene rings is 1. The highest BCUT2D eigenvalue weighted by atomic mass is 16.3. The van der Waals surface area contributed by atoms with E-state index in [4.69, 9.17) is 5.73 Å². The van der Waals surface area contributed by atoms with Gasteiger partial charge in [0.25, 0.3) is 0 Å². The number of aromatic nitrogens is 4. The van der Waals surface area contributed by atoms with Crippen molar-refractivity contribution in [1.82, 2.24) is 19.5 Å². The van der Waals surface area contributed by atoms with E-state index in [2.05, 4.69) is 39.2 Å². The van der Waals surface area contributed by atoms with Crippen LogP contribution in [0.4, 0.5) is 5.82 Å². The highest BCUT2D eigenvalue weighted by molar-refractivity contribution is 5.86. The third-order valence-electron chi connectivity index (χ3n) is 6.09. The SMILES string of the molecule is Nc1ncnc2c1ccn2[C@@H]1C[C@H](CCc2ccc3[nH]ccc3c2)[C@@H](O)[C@H]1O. The van der Waals surface area contributed by atoms with Crippen molar-refractivity contribution in [3.05, 3.63) is 54.6 Å². The smallest absolute Gasteiger partial charge is 0.145 e. The van der Waals surface area contributed by atoms with Gasteiger partial charge in [-0.1, -0.05) is 6.07 Å². The summed E-state index contributed by atoms with van der Waals surface area (Å²) in [4.78, 5) is 11.5. The summed E-state index contributed by atoms with van der Waals surface area (Å²) in [6.07, 6.45) is 6.04. The van der Waals surface area contributed by atoms with E-state index in [9.17, 15) is 10.2 Å². The number of aryl methyl sites for hydroxylation is 1. The van der Waals surface area contributed by atoms with Gasteiger partial charge in [0.1, 0.15) is 23.9 Å². The van der Waals surface area contributed by atoms with Gasteiger partial charge >= 0.3 is 0 Å². The minimum Gasteiger partial charge on any atom is -0.390 e. The molecule has 1 aliphatic carbocycles. The van der Waals surface area contributed by atoms with Crippen LogP contribution in [0.1, 0.15) is 24.4 Å². The molecule has 3 heterocycles. The molecule has 4 atom stereocenters. The lowest BCUT2D eigenvalue weighted by Crippen LogP contribution is -2.29. The molecule has 0 bridgehead atoms. The largest absolute Gasteiger partial charge is 0.390 e. The van der Waals surface area contributed by atoms with Crippen molar-refractivity contribution in [1.29, 1.82) is 0 Å². The maximum absolute atomic E-state index is 10.7. The van der Waals surface area contributed by atoms with E-state index in [1.807, 2.05) is 23.0 Å². The number of nitrogens with two attached hydrogens (primary N) is 1. The summed E-state index contributed by atoms with van der Waals surface area (Å²) in [7, 11) is 0. The van der Waals surface area contributed by atoms with Gasteiger partial charge in [-0.3, -0.25) is 0 Å². The lowest BCUT2D eigenvalue weighted by molar-refractivity contribution is 0.00545. The standard InChI is InChI=1S/C21H23N5O2/c22-20-15-6-8-26(21(15)25-11-24-20)17-10-14(18(27)19(17)28)3-1-12-2-4-16-13(9-12)5-7-23-16/h2,4-9,11,14,17-19,23,27-28H,1,3,10H2,(H2,22,24,25)/t14-,17+,18+,19-/m0/s1. The van der Waals surface area contributed by atoms with E-state index < -0.39 is 12.2 Å². The highest BCUT2D eigenvalue weighted by Crippen LogP contribution is 2.39. The van der Waals surface area contributed by atoms with Crippen LogP contribution in [0.25, 0.3) is 21.9 Å². The van der Waals surface area contributed by atoms with Crippen molar-refractivity contribution in [2.24, 2.45) is 5.92 Å². The maximum Gasteiger partial charge on any atom is 0.145 e. The van der Waals surface area contributed by atoms with Crippen LogP contribution >= 0.6 is 0 Å². The number of fused-ring (bicyclic) bond motifs is 2. The molecule has 1 aliphatic rings. The van der Waals surface area contributed by atoms with E-state index in [1.165, 1.54) is 17.3 Å². The normalized spacial score (nSPS) is 25.1. The minimum atomic E-state index is -0.830. The summed E-state index contributed by atoms with van der Waals surface area (Å²) in [6.45, 7) is 0. The Kier molecular flexibility index (Phi) is 4.07. The zero-order valence-electron chi connectivity index (χ0n) is 15.4. The van der Waals surface area contributed by atoms with Gasteiger partial charge in [0.2, 0.25) is 0 Å². The first-order valence-electron chi connectivity index (χ1n) is 9.61. The van der Waals surface area contributed by atoms with Crippen molar-refractivity contribution in [2.45, 2.75) is 37.5 Å². The topological polar surface area (TPSA) is 113 Å². The van der Waals surface area contributed by atoms with E-state index in [0.29, 0.717) is 17.9 Å². The Morgan fingerprint density at radius 3 is 2.93 bits per heavy atom. The number of nitrogen functional groups attached to an aromatic ring is 1. The van der Waals surface area contributed by atoms with E-state index in [0.717, 1.165) is 23.7 Å². The molecule has 0 amide bonds. The summed E-state index contributed by atoms with van der Waals surface area (Å²) in [6, 6.07) is 10.1. The monoisotopic (exact) mass is 377 g/mol. The summed E-state index contributed by atoms with van der Waals surface area (Å²) in [5.41, 5.74) is 8.99. The molecule has 0 aliphatic heterocycles. The maximum atomic E-state index is 10.7. The van der Waals surface area contributed by atoms with Gasteiger partial charge in [-0.05, 0) is 60.4 Å². The van der Waals surface area contributed by atoms with Crippen LogP contribution in [0.2, 0.25) is 0 Å². The fraction of sp³-hybridized carbons (Fsp3) is 0.333. The average Bonchev–Trinajstić information content (AvgIpc) is 3.40. The Bertz CT molecular complexity index is 1130. The third kappa shape index (κ3) is 2.75. The van der Waals surface area contributed by atoms with Crippen LogP contribution in [0.5, 0.6) is 0 Å². The number of anilines is 1. The number of hydrogen-bond donors (Lipinski definition) is 4. The van der Waals surface area contributed by atoms with Crippen LogP contribution in [0.15, 0.2) is 49.1 Å². The molecule has 28 heavy (non-hydrogen) atoms.